The number of primary amides is 1. The number of amides is 1. The molecule has 0 aromatic heterocycles. The molecular weight excluding hydrogens is 158 g/mol. The lowest BCUT2D eigenvalue weighted by Crippen LogP contribution is -2.08. The second kappa shape index (κ2) is 9.68. The van der Waals surface area contributed by atoms with Crippen molar-refractivity contribution in [1.29, 1.82) is 0 Å². The summed E-state index contributed by atoms with van der Waals surface area (Å²) in [5.41, 5.74) is 4.43. The maximum absolute atomic E-state index is 10.2. The monoisotopic (exact) mass is 173 g/mol. The number of carbonyl (C=O) groups is 2. The SMILES string of the molecule is C=CCCC(C)=O.COC(N)=O. The molecule has 0 unspecified atom stereocenters. The van der Waals surface area contributed by atoms with E-state index in [1.807, 2.05) is 0 Å². The van der Waals surface area contributed by atoms with Gasteiger partial charge in [-0.25, -0.2) is 4.79 Å². The predicted octanol–water partition coefficient (Wildman–Crippen LogP) is 1.25. The molecule has 0 aliphatic carbocycles. The number of Topliss-reactive ketones (excluding diaryl/α,β-unsaturated/α-hetero) is 1. The van der Waals surface area contributed by atoms with Gasteiger partial charge in [-0.1, -0.05) is 6.08 Å². The van der Waals surface area contributed by atoms with E-state index in [0.717, 1.165) is 6.42 Å². The Hall–Kier alpha value is -1.32. The molecule has 0 atom stereocenters. The van der Waals surface area contributed by atoms with Crippen molar-refractivity contribution in [3.8, 4) is 0 Å². The van der Waals surface area contributed by atoms with Crippen LogP contribution in [0.4, 0.5) is 4.79 Å². The number of methoxy groups -OCH3 is 1. The van der Waals surface area contributed by atoms with Gasteiger partial charge in [-0.2, -0.15) is 0 Å². The van der Waals surface area contributed by atoms with Crippen LogP contribution in [0.5, 0.6) is 0 Å². The molecule has 0 aliphatic rings. The van der Waals surface area contributed by atoms with Crippen LogP contribution in [-0.4, -0.2) is 19.0 Å². The molecular formula is C8H15NO3. The Balaban J connectivity index is 0. The molecule has 0 fully saturated rings. The van der Waals surface area contributed by atoms with Crippen LogP contribution < -0.4 is 5.73 Å². The van der Waals surface area contributed by atoms with Gasteiger partial charge in [0.05, 0.1) is 7.11 Å². The summed E-state index contributed by atoms with van der Waals surface area (Å²) in [5.74, 6) is 0.236. The highest BCUT2D eigenvalue weighted by Gasteiger charge is 1.85. The molecule has 0 heterocycles. The number of hydrogen-bond acceptors (Lipinski definition) is 3. The molecule has 0 aliphatic heterocycles. The van der Waals surface area contributed by atoms with Crippen LogP contribution in [0.3, 0.4) is 0 Å². The molecule has 4 heteroatoms. The van der Waals surface area contributed by atoms with Crippen LogP contribution >= 0.6 is 0 Å². The smallest absolute Gasteiger partial charge is 0.404 e. The first kappa shape index (κ1) is 13.3. The molecule has 0 saturated carbocycles. The third-order valence-corrected chi connectivity index (χ3v) is 0.902. The van der Waals surface area contributed by atoms with Crippen molar-refractivity contribution in [2.45, 2.75) is 19.8 Å². The van der Waals surface area contributed by atoms with E-state index in [2.05, 4.69) is 17.0 Å². The van der Waals surface area contributed by atoms with Gasteiger partial charge < -0.3 is 15.3 Å². The zero-order valence-corrected chi connectivity index (χ0v) is 7.50. The van der Waals surface area contributed by atoms with Crippen molar-refractivity contribution < 1.29 is 14.3 Å². The van der Waals surface area contributed by atoms with Gasteiger partial charge in [-0.05, 0) is 13.3 Å². The predicted molar refractivity (Wildman–Crippen MR) is 46.7 cm³/mol. The standard InChI is InChI=1S/C6H10O.C2H5NO2/c1-3-4-5-6(2)7;1-5-2(3)4/h3H,1,4-5H2,2H3;1H3,(H2,3,4). The minimum absolute atomic E-state index is 0.236. The van der Waals surface area contributed by atoms with E-state index < -0.39 is 6.09 Å². The van der Waals surface area contributed by atoms with Crippen LogP contribution in [0.15, 0.2) is 12.7 Å². The van der Waals surface area contributed by atoms with Gasteiger partial charge in [0.25, 0.3) is 0 Å². The van der Waals surface area contributed by atoms with E-state index in [-0.39, 0.29) is 5.78 Å². The first-order valence-electron chi connectivity index (χ1n) is 3.48. The average Bonchev–Trinajstić information content (AvgIpc) is 2.02. The normalized spacial score (nSPS) is 7.50. The Morgan fingerprint density at radius 2 is 2.00 bits per heavy atom. The second-order valence-corrected chi connectivity index (χ2v) is 2.05. The molecule has 0 saturated heterocycles. The van der Waals surface area contributed by atoms with Crippen LogP contribution in [0, 0.1) is 0 Å². The first-order valence-corrected chi connectivity index (χ1v) is 3.48. The molecule has 0 aromatic carbocycles. The Morgan fingerprint density at radius 3 is 2.08 bits per heavy atom. The topological polar surface area (TPSA) is 69.4 Å². The van der Waals surface area contributed by atoms with E-state index in [4.69, 9.17) is 0 Å². The van der Waals surface area contributed by atoms with Crippen LogP contribution in [0.25, 0.3) is 0 Å². The molecule has 4 nitrogen and oxygen atoms in total. The Morgan fingerprint density at radius 1 is 1.58 bits per heavy atom. The fourth-order valence-electron chi connectivity index (χ4n) is 0.305. The lowest BCUT2D eigenvalue weighted by Gasteiger charge is -1.82. The summed E-state index contributed by atoms with van der Waals surface area (Å²) in [5, 5.41) is 0. The Labute approximate surface area is 72.4 Å². The third kappa shape index (κ3) is 23.4. The van der Waals surface area contributed by atoms with Crippen molar-refractivity contribution in [3.05, 3.63) is 12.7 Å². The number of ether oxygens (including phenoxy) is 1. The summed E-state index contributed by atoms with van der Waals surface area (Å²) >= 11 is 0. The summed E-state index contributed by atoms with van der Waals surface area (Å²) < 4.78 is 3.89. The Kier molecular flexibility index (Phi) is 10.7. The summed E-state index contributed by atoms with van der Waals surface area (Å²) in [6, 6.07) is 0. The molecule has 0 aromatic rings. The van der Waals surface area contributed by atoms with E-state index in [0.29, 0.717) is 6.42 Å². The van der Waals surface area contributed by atoms with E-state index in [1.54, 1.807) is 13.0 Å². The zero-order valence-electron chi connectivity index (χ0n) is 7.50. The van der Waals surface area contributed by atoms with Crippen molar-refractivity contribution in [2.75, 3.05) is 7.11 Å². The molecule has 0 spiro atoms. The number of hydrogen-bond donors (Lipinski definition) is 1. The van der Waals surface area contributed by atoms with Crippen molar-refractivity contribution in [1.82, 2.24) is 0 Å². The highest BCUT2D eigenvalue weighted by atomic mass is 16.5. The number of ketones is 1. The summed E-state index contributed by atoms with van der Waals surface area (Å²) in [6.07, 6.45) is 2.46. The van der Waals surface area contributed by atoms with Gasteiger partial charge in [0, 0.05) is 6.42 Å². The van der Waals surface area contributed by atoms with Gasteiger partial charge in [0.2, 0.25) is 0 Å². The Bertz CT molecular complexity index is 154. The molecule has 0 bridgehead atoms. The first-order chi connectivity index (χ1) is 5.54. The molecule has 2 N–H and O–H groups in total. The molecule has 70 valence electrons. The second-order valence-electron chi connectivity index (χ2n) is 2.05. The van der Waals surface area contributed by atoms with Gasteiger partial charge in [0.15, 0.2) is 0 Å². The van der Waals surface area contributed by atoms with Gasteiger partial charge in [-0.15, -0.1) is 6.58 Å². The fourth-order valence-corrected chi connectivity index (χ4v) is 0.305. The quantitative estimate of drug-likeness (QED) is 0.653. The highest BCUT2D eigenvalue weighted by Crippen LogP contribution is 1.88. The van der Waals surface area contributed by atoms with E-state index >= 15 is 0 Å². The van der Waals surface area contributed by atoms with Crippen LogP contribution in [0.1, 0.15) is 19.8 Å². The minimum atomic E-state index is -0.745. The number of carbonyl (C=O) groups excluding carboxylic acids is 2. The van der Waals surface area contributed by atoms with E-state index in [1.165, 1.54) is 7.11 Å². The van der Waals surface area contributed by atoms with Crippen LogP contribution in [0.2, 0.25) is 0 Å². The minimum Gasteiger partial charge on any atom is -0.453 e. The van der Waals surface area contributed by atoms with E-state index in [9.17, 15) is 9.59 Å². The van der Waals surface area contributed by atoms with Crippen molar-refractivity contribution in [3.63, 3.8) is 0 Å². The number of allylic oxidation sites excluding steroid dienone is 1. The van der Waals surface area contributed by atoms with Gasteiger partial charge in [-0.3, -0.25) is 0 Å². The van der Waals surface area contributed by atoms with Crippen molar-refractivity contribution >= 4 is 11.9 Å². The molecule has 0 radical (unpaired) electrons. The number of rotatable bonds is 3. The maximum atomic E-state index is 10.2. The maximum Gasteiger partial charge on any atom is 0.404 e. The molecule has 0 rings (SSSR count). The average molecular weight is 173 g/mol. The highest BCUT2D eigenvalue weighted by molar-refractivity contribution is 5.75. The summed E-state index contributed by atoms with van der Waals surface area (Å²) in [6.45, 7) is 5.07. The van der Waals surface area contributed by atoms with Crippen molar-refractivity contribution in [2.24, 2.45) is 5.73 Å². The van der Waals surface area contributed by atoms with Gasteiger partial charge >= 0.3 is 6.09 Å². The fraction of sp³-hybridized carbons (Fsp3) is 0.500. The summed E-state index contributed by atoms with van der Waals surface area (Å²) in [4.78, 5) is 19.5. The lowest BCUT2D eigenvalue weighted by molar-refractivity contribution is -0.116. The largest absolute Gasteiger partial charge is 0.453 e. The molecule has 12 heavy (non-hydrogen) atoms. The third-order valence-electron chi connectivity index (χ3n) is 0.902. The zero-order chi connectivity index (χ0) is 9.98. The van der Waals surface area contributed by atoms with Gasteiger partial charge in [0.1, 0.15) is 5.78 Å². The lowest BCUT2D eigenvalue weighted by atomic mass is 10.2. The summed E-state index contributed by atoms with van der Waals surface area (Å²) in [7, 11) is 1.22. The molecule has 1 amide bonds. The van der Waals surface area contributed by atoms with Crippen LogP contribution in [-0.2, 0) is 9.53 Å². The number of nitrogens with two attached hydrogens (primary N) is 1.